The van der Waals surface area contributed by atoms with E-state index in [1.807, 2.05) is 39.0 Å². The predicted molar refractivity (Wildman–Crippen MR) is 236 cm³/mol. The molecule has 2 bridgehead atoms. The Bertz CT molecular complexity index is 1770. The topological polar surface area (TPSA) is 179 Å². The maximum absolute atomic E-state index is 14.6. The van der Waals surface area contributed by atoms with Gasteiger partial charge in [-0.05, 0) is 69.6 Å². The predicted octanol–water partition coefficient (Wildman–Crippen LogP) is 5.37. The van der Waals surface area contributed by atoms with Crippen LogP contribution in [-0.2, 0) is 56.9 Å². The van der Waals surface area contributed by atoms with E-state index in [9.17, 15) is 20.1 Å². The summed E-state index contributed by atoms with van der Waals surface area (Å²) in [6, 6.07) is 0. The van der Waals surface area contributed by atoms with Gasteiger partial charge in [-0.3, -0.25) is 4.79 Å². The van der Waals surface area contributed by atoms with Gasteiger partial charge in [-0.2, -0.15) is 0 Å². The number of hydrogen-bond acceptors (Lipinski definition) is 15. The standard InChI is InChI=1S/C50H76O15/c1-26-13-12-16-33-25-58-47-44(57-9)28(3)19-36(50(33,47)54)48(53)61-35-20-34(64-49(23-35)24-37(51)29(4)45(65-49)32-14-10-11-15-32)18-17-27(2)43(26)62-41-22-39(56-8)46(31(6)60-41)63-40-21-38(55-7)42(52)30(5)59-40/h12-13,16-17,19,26,29-32,34-47,51-52,54H,10-11,14-15,18,20-25H2,1-9H3/b13-12-,27-17-,33-16?/t26-,29-,30-,31-,34+,35-,36-,37?,38-,39-,40-,41-,42-,43-,44+,45?,46-,47+,49-,50+/m0/s1. The fraction of sp³-hybridized carbons (Fsp3) is 0.820. The van der Waals surface area contributed by atoms with Crippen molar-refractivity contribution < 1.29 is 72.2 Å². The fourth-order valence-electron chi connectivity index (χ4n) is 12.2. The highest BCUT2D eigenvalue weighted by molar-refractivity contribution is 5.78. The monoisotopic (exact) mass is 917 g/mol. The summed E-state index contributed by atoms with van der Waals surface area (Å²) in [5, 5.41) is 34.9. The summed E-state index contributed by atoms with van der Waals surface area (Å²) in [5.74, 6) is -2.72. The minimum Gasteiger partial charge on any atom is -0.462 e. The number of fused-ring (bicyclic) bond motifs is 2. The molecule has 6 fully saturated rings. The molecule has 20 atom stereocenters. The lowest BCUT2D eigenvalue weighted by molar-refractivity contribution is -0.354. The first-order chi connectivity index (χ1) is 31.1. The second-order valence-corrected chi connectivity index (χ2v) is 20.3. The van der Waals surface area contributed by atoms with Crippen LogP contribution in [0.3, 0.4) is 0 Å². The van der Waals surface area contributed by atoms with Crippen LogP contribution in [0, 0.1) is 23.7 Å². The van der Waals surface area contributed by atoms with E-state index in [-0.39, 0.29) is 43.5 Å². The molecule has 0 aromatic rings. The van der Waals surface area contributed by atoms with E-state index in [0.29, 0.717) is 37.2 Å². The van der Waals surface area contributed by atoms with Crippen LogP contribution in [0.2, 0.25) is 0 Å². The molecule has 5 saturated heterocycles. The van der Waals surface area contributed by atoms with Crippen LogP contribution in [0.4, 0.5) is 0 Å². The minimum absolute atomic E-state index is 0.0673. The Morgan fingerprint density at radius 2 is 1.51 bits per heavy atom. The van der Waals surface area contributed by atoms with Crippen molar-refractivity contribution in [1.29, 1.82) is 0 Å². The number of aliphatic hydroxyl groups excluding tert-OH is 2. The molecule has 6 aliphatic heterocycles. The van der Waals surface area contributed by atoms with Crippen molar-refractivity contribution >= 4 is 5.97 Å². The zero-order valence-corrected chi connectivity index (χ0v) is 39.9. The van der Waals surface area contributed by atoms with E-state index in [2.05, 4.69) is 19.9 Å². The highest BCUT2D eigenvalue weighted by Gasteiger charge is 2.61. The van der Waals surface area contributed by atoms with Crippen LogP contribution in [-0.4, -0.2) is 153 Å². The number of esters is 1. The Hall–Kier alpha value is -2.09. The zero-order chi connectivity index (χ0) is 46.4. The summed E-state index contributed by atoms with van der Waals surface area (Å²) in [4.78, 5) is 14.6. The number of ether oxygens (including phenoxy) is 11. The quantitative estimate of drug-likeness (QED) is 0.209. The van der Waals surface area contributed by atoms with Gasteiger partial charge in [0.2, 0.25) is 0 Å². The molecular weight excluding hydrogens is 841 g/mol. The van der Waals surface area contributed by atoms with Crippen molar-refractivity contribution in [2.24, 2.45) is 23.7 Å². The average molecular weight is 917 g/mol. The van der Waals surface area contributed by atoms with Gasteiger partial charge < -0.3 is 67.4 Å². The molecule has 0 amide bonds. The summed E-state index contributed by atoms with van der Waals surface area (Å²) in [7, 11) is 4.81. The molecule has 65 heavy (non-hydrogen) atoms. The number of aliphatic hydroxyl groups is 3. The highest BCUT2D eigenvalue weighted by atomic mass is 16.7. The number of carbonyl (C=O) groups is 1. The van der Waals surface area contributed by atoms with Gasteiger partial charge in [-0.15, -0.1) is 0 Å². The normalized spacial score (nSPS) is 49.0. The van der Waals surface area contributed by atoms with Gasteiger partial charge in [0, 0.05) is 65.3 Å². The summed E-state index contributed by atoms with van der Waals surface area (Å²) < 4.78 is 70.2. The lowest BCUT2D eigenvalue weighted by Crippen LogP contribution is -2.60. The Kier molecular flexibility index (Phi) is 15.5. The number of rotatable bonds is 8. The fourth-order valence-corrected chi connectivity index (χ4v) is 12.2. The molecule has 6 heterocycles. The van der Waals surface area contributed by atoms with Crippen molar-refractivity contribution in [3.05, 3.63) is 47.1 Å². The number of methoxy groups -OCH3 is 3. The molecule has 0 radical (unpaired) electrons. The van der Waals surface area contributed by atoms with Gasteiger partial charge in [-0.25, -0.2) is 0 Å². The third kappa shape index (κ3) is 10.0. The summed E-state index contributed by atoms with van der Waals surface area (Å²) in [5.41, 5.74) is 0.547. The smallest absolute Gasteiger partial charge is 0.316 e. The maximum atomic E-state index is 14.6. The average Bonchev–Trinajstić information content (AvgIpc) is 3.93. The largest absolute Gasteiger partial charge is 0.462 e. The van der Waals surface area contributed by atoms with Crippen LogP contribution in [0.5, 0.6) is 0 Å². The van der Waals surface area contributed by atoms with Crippen molar-refractivity contribution in [3.63, 3.8) is 0 Å². The molecule has 366 valence electrons. The van der Waals surface area contributed by atoms with E-state index in [0.717, 1.165) is 36.8 Å². The molecule has 8 rings (SSSR count). The zero-order valence-electron chi connectivity index (χ0n) is 39.9. The van der Waals surface area contributed by atoms with Gasteiger partial charge in [0.15, 0.2) is 18.4 Å². The van der Waals surface area contributed by atoms with Crippen LogP contribution in [0.1, 0.15) is 106 Å². The Morgan fingerprint density at radius 1 is 0.800 bits per heavy atom. The van der Waals surface area contributed by atoms with E-state index in [1.165, 1.54) is 0 Å². The first-order valence-electron chi connectivity index (χ1n) is 24.3. The molecule has 8 aliphatic rings. The number of carbonyl (C=O) groups excluding carboxylic acids is 1. The molecule has 2 aliphatic carbocycles. The molecule has 15 nitrogen and oxygen atoms in total. The highest BCUT2D eigenvalue weighted by Crippen LogP contribution is 2.49. The Balaban J connectivity index is 1.09. The van der Waals surface area contributed by atoms with Crippen LogP contribution in [0.25, 0.3) is 0 Å². The van der Waals surface area contributed by atoms with Crippen molar-refractivity contribution in [3.8, 4) is 0 Å². The maximum Gasteiger partial charge on any atom is 0.316 e. The summed E-state index contributed by atoms with van der Waals surface area (Å²) in [6.45, 7) is 11.9. The van der Waals surface area contributed by atoms with Crippen LogP contribution < -0.4 is 0 Å². The van der Waals surface area contributed by atoms with Gasteiger partial charge in [0.1, 0.15) is 42.0 Å². The van der Waals surface area contributed by atoms with E-state index >= 15 is 0 Å². The van der Waals surface area contributed by atoms with Crippen molar-refractivity contribution in [2.75, 3.05) is 27.9 Å². The molecule has 3 N–H and O–H groups in total. The van der Waals surface area contributed by atoms with E-state index in [4.69, 9.17) is 52.1 Å². The molecule has 1 spiro atoms. The Morgan fingerprint density at radius 3 is 2.23 bits per heavy atom. The first-order valence-corrected chi connectivity index (χ1v) is 24.3. The van der Waals surface area contributed by atoms with Crippen LogP contribution in [0.15, 0.2) is 47.1 Å². The molecule has 2 unspecified atom stereocenters. The van der Waals surface area contributed by atoms with Gasteiger partial charge in [-0.1, -0.05) is 57.1 Å². The third-order valence-corrected chi connectivity index (χ3v) is 15.9. The van der Waals surface area contributed by atoms with E-state index < -0.39 is 103 Å². The van der Waals surface area contributed by atoms with Gasteiger partial charge in [0.25, 0.3) is 0 Å². The minimum atomic E-state index is -1.73. The first kappa shape index (κ1) is 49.3. The SMILES string of the molecule is CO[C@H]1C[C@H](O[C@H]2[C@H](C)O[C@@H](O[C@@H]3/C(C)=C\C[C@@H]4C[C@@H](C[C@]5(CC(O)[C@H](C)C(C6CCCC6)O5)O4)OC(=O)[C@@H]4C=C(C)[C@@H](OC)[C@H]5OCC(=C/C=C\[C@@H]3C)[C@]54O)C[C@@H]2OC)O[C@@H](C)[C@@H]1O. The van der Waals surface area contributed by atoms with Gasteiger partial charge >= 0.3 is 5.97 Å². The van der Waals surface area contributed by atoms with Gasteiger partial charge in [0.05, 0.1) is 55.4 Å². The van der Waals surface area contributed by atoms with Crippen molar-refractivity contribution in [1.82, 2.24) is 0 Å². The summed E-state index contributed by atoms with van der Waals surface area (Å²) in [6.07, 6.45) is 8.20. The second-order valence-electron chi connectivity index (χ2n) is 20.3. The lowest BCUT2D eigenvalue weighted by atomic mass is 9.70. The molecule has 1 saturated carbocycles. The lowest BCUT2D eigenvalue weighted by Gasteiger charge is -2.52. The molecular formula is C50H76O15. The molecule has 15 heteroatoms. The number of allylic oxidation sites excluding steroid dienone is 2. The van der Waals surface area contributed by atoms with Crippen molar-refractivity contribution in [2.45, 2.75) is 209 Å². The van der Waals surface area contributed by atoms with Crippen LogP contribution >= 0.6 is 0 Å². The second kappa shape index (κ2) is 20.5. The third-order valence-electron chi connectivity index (χ3n) is 15.9. The molecule has 0 aromatic heterocycles. The Labute approximate surface area is 385 Å². The summed E-state index contributed by atoms with van der Waals surface area (Å²) >= 11 is 0. The number of hydrogen-bond donors (Lipinski definition) is 3. The molecule has 0 aromatic carbocycles. The van der Waals surface area contributed by atoms with E-state index in [1.54, 1.807) is 34.3 Å².